The fraction of sp³-hybridized carbons (Fsp3) is 0.769. The van der Waals surface area contributed by atoms with E-state index in [1.165, 1.54) is 17.7 Å². The topological polar surface area (TPSA) is 50.1 Å². The molecule has 2 N–H and O–H groups in total. The van der Waals surface area contributed by atoms with Gasteiger partial charge in [-0.1, -0.05) is 6.92 Å². The van der Waals surface area contributed by atoms with Gasteiger partial charge in [-0.15, -0.1) is 11.8 Å². The molecule has 0 spiro atoms. The Morgan fingerprint density at radius 1 is 1.67 bits per heavy atom. The van der Waals surface area contributed by atoms with Gasteiger partial charge in [-0.05, 0) is 26.2 Å². The first kappa shape index (κ1) is 13.9. The minimum atomic E-state index is -0.157. The Morgan fingerprint density at radius 3 is 2.89 bits per heavy atom. The molecule has 1 saturated carbocycles. The lowest BCUT2D eigenvalue weighted by molar-refractivity contribution is 0.164. The van der Waals surface area contributed by atoms with Crippen molar-refractivity contribution in [1.82, 2.24) is 15.1 Å². The summed E-state index contributed by atoms with van der Waals surface area (Å²) in [6.45, 7) is 4.52. The zero-order valence-electron chi connectivity index (χ0n) is 11.4. The van der Waals surface area contributed by atoms with Crippen LogP contribution in [0.15, 0.2) is 17.3 Å². The van der Waals surface area contributed by atoms with Crippen molar-refractivity contribution >= 4 is 11.8 Å². The van der Waals surface area contributed by atoms with Crippen molar-refractivity contribution in [3.8, 4) is 0 Å². The van der Waals surface area contributed by atoms with E-state index < -0.39 is 0 Å². The van der Waals surface area contributed by atoms with E-state index in [0.717, 1.165) is 6.42 Å². The number of aromatic nitrogens is 2. The second-order valence-electron chi connectivity index (χ2n) is 5.62. The Bertz CT molecular complexity index is 391. The maximum atomic E-state index is 9.59. The van der Waals surface area contributed by atoms with Crippen molar-refractivity contribution in [2.75, 3.05) is 6.61 Å². The largest absolute Gasteiger partial charge is 0.394 e. The van der Waals surface area contributed by atoms with Crippen LogP contribution in [0.4, 0.5) is 0 Å². The molecule has 18 heavy (non-hydrogen) atoms. The van der Waals surface area contributed by atoms with Crippen LogP contribution in [0, 0.1) is 0 Å². The number of hydrogen-bond donors (Lipinski definition) is 2. The molecule has 0 bridgehead atoms. The van der Waals surface area contributed by atoms with Crippen LogP contribution in [0.25, 0.3) is 0 Å². The Labute approximate surface area is 113 Å². The summed E-state index contributed by atoms with van der Waals surface area (Å²) >= 11 is 1.82. The number of hydrogen-bond acceptors (Lipinski definition) is 4. The van der Waals surface area contributed by atoms with Gasteiger partial charge in [0.25, 0.3) is 0 Å². The van der Waals surface area contributed by atoms with Crippen molar-refractivity contribution in [2.45, 2.75) is 54.8 Å². The normalized spacial score (nSPS) is 20.7. The van der Waals surface area contributed by atoms with E-state index in [9.17, 15) is 5.11 Å². The minimum absolute atomic E-state index is 0.157. The van der Waals surface area contributed by atoms with Gasteiger partial charge in [0.2, 0.25) is 0 Å². The summed E-state index contributed by atoms with van der Waals surface area (Å²) in [5.74, 6) is 0. The molecule has 2 unspecified atom stereocenters. The summed E-state index contributed by atoms with van der Waals surface area (Å²) in [5.41, 5.74) is -0.157. The van der Waals surface area contributed by atoms with Gasteiger partial charge < -0.3 is 10.4 Å². The molecule has 1 aliphatic rings. The Kier molecular flexibility index (Phi) is 4.35. The summed E-state index contributed by atoms with van der Waals surface area (Å²) < 4.78 is 1.82. The van der Waals surface area contributed by atoms with E-state index in [0.29, 0.717) is 11.3 Å². The summed E-state index contributed by atoms with van der Waals surface area (Å²) in [5, 5.41) is 17.8. The molecule has 0 amide bonds. The first-order valence-electron chi connectivity index (χ1n) is 6.54. The Balaban J connectivity index is 1.86. The molecular formula is C13H23N3OS. The van der Waals surface area contributed by atoms with E-state index in [1.807, 2.05) is 35.9 Å². The van der Waals surface area contributed by atoms with Crippen LogP contribution < -0.4 is 5.32 Å². The van der Waals surface area contributed by atoms with Crippen molar-refractivity contribution in [3.05, 3.63) is 12.4 Å². The van der Waals surface area contributed by atoms with Crippen molar-refractivity contribution < 1.29 is 5.11 Å². The van der Waals surface area contributed by atoms with Crippen molar-refractivity contribution in [3.63, 3.8) is 0 Å². The summed E-state index contributed by atoms with van der Waals surface area (Å²) in [6, 6.07) is 0.623. The van der Waals surface area contributed by atoms with Gasteiger partial charge in [-0.25, -0.2) is 0 Å². The predicted octanol–water partition coefficient (Wildman–Crippen LogP) is 1.79. The average molecular weight is 269 g/mol. The molecular weight excluding hydrogens is 246 g/mol. The maximum Gasteiger partial charge on any atom is 0.0625 e. The van der Waals surface area contributed by atoms with Gasteiger partial charge in [-0.2, -0.15) is 5.10 Å². The molecule has 1 aromatic rings. The van der Waals surface area contributed by atoms with E-state index in [-0.39, 0.29) is 12.1 Å². The molecule has 0 aromatic carbocycles. The SMILES string of the molecule is CC(CC(C)(CO)NC1CC1)Sc1cnn(C)c1. The van der Waals surface area contributed by atoms with E-state index in [1.54, 1.807) is 0 Å². The molecule has 5 heteroatoms. The molecule has 102 valence electrons. The molecule has 4 nitrogen and oxygen atoms in total. The van der Waals surface area contributed by atoms with Gasteiger partial charge in [0, 0.05) is 35.0 Å². The van der Waals surface area contributed by atoms with Crippen molar-refractivity contribution in [1.29, 1.82) is 0 Å². The Morgan fingerprint density at radius 2 is 2.39 bits per heavy atom. The van der Waals surface area contributed by atoms with Crippen LogP contribution in [-0.4, -0.2) is 38.3 Å². The number of nitrogens with zero attached hydrogens (tertiary/aromatic N) is 2. The third kappa shape index (κ3) is 4.00. The summed E-state index contributed by atoms with van der Waals surface area (Å²) in [7, 11) is 1.93. The fourth-order valence-electron chi connectivity index (χ4n) is 2.26. The second-order valence-corrected chi connectivity index (χ2v) is 7.13. The van der Waals surface area contributed by atoms with E-state index >= 15 is 0 Å². The lowest BCUT2D eigenvalue weighted by Crippen LogP contribution is -2.48. The number of aliphatic hydroxyl groups excluding tert-OH is 1. The number of aryl methyl sites for hydroxylation is 1. The quantitative estimate of drug-likeness (QED) is 0.741. The molecule has 2 atom stereocenters. The highest BCUT2D eigenvalue weighted by atomic mass is 32.2. The van der Waals surface area contributed by atoms with Crippen molar-refractivity contribution in [2.24, 2.45) is 7.05 Å². The molecule has 0 radical (unpaired) electrons. The standard InChI is InChI=1S/C13H23N3OS/c1-10(18-12-7-14-16(3)8-12)6-13(2,9-17)15-11-4-5-11/h7-8,10-11,15,17H,4-6,9H2,1-3H3. The molecule has 0 saturated heterocycles. The zero-order chi connectivity index (χ0) is 13.2. The second kappa shape index (κ2) is 5.63. The monoisotopic (exact) mass is 269 g/mol. The maximum absolute atomic E-state index is 9.59. The van der Waals surface area contributed by atoms with Crippen LogP contribution in [0.3, 0.4) is 0 Å². The lowest BCUT2D eigenvalue weighted by atomic mass is 9.97. The molecule has 0 aliphatic heterocycles. The number of rotatable bonds is 7. The highest BCUT2D eigenvalue weighted by Crippen LogP contribution is 2.30. The van der Waals surface area contributed by atoms with Gasteiger partial charge in [0.1, 0.15) is 0 Å². The third-order valence-electron chi connectivity index (χ3n) is 3.24. The van der Waals surface area contributed by atoms with Gasteiger partial charge in [0.15, 0.2) is 0 Å². The lowest BCUT2D eigenvalue weighted by Gasteiger charge is -2.31. The van der Waals surface area contributed by atoms with Crippen LogP contribution in [0.5, 0.6) is 0 Å². The third-order valence-corrected chi connectivity index (χ3v) is 4.29. The average Bonchev–Trinajstić information content (AvgIpc) is 3.00. The van der Waals surface area contributed by atoms with Gasteiger partial charge in [0.05, 0.1) is 12.8 Å². The highest BCUT2D eigenvalue weighted by Gasteiger charge is 2.33. The molecule has 1 fully saturated rings. The number of aliphatic hydroxyl groups is 1. The van der Waals surface area contributed by atoms with Crippen LogP contribution in [0.2, 0.25) is 0 Å². The van der Waals surface area contributed by atoms with Crippen LogP contribution in [0.1, 0.15) is 33.1 Å². The fourth-order valence-corrected chi connectivity index (χ4v) is 3.49. The van der Waals surface area contributed by atoms with Gasteiger partial charge in [-0.3, -0.25) is 4.68 Å². The molecule has 1 heterocycles. The minimum Gasteiger partial charge on any atom is -0.394 e. The first-order valence-corrected chi connectivity index (χ1v) is 7.42. The summed E-state index contributed by atoms with van der Waals surface area (Å²) in [4.78, 5) is 1.19. The highest BCUT2D eigenvalue weighted by molar-refractivity contribution is 7.99. The van der Waals surface area contributed by atoms with E-state index in [4.69, 9.17) is 0 Å². The van der Waals surface area contributed by atoms with E-state index in [2.05, 4.69) is 24.3 Å². The first-order chi connectivity index (χ1) is 8.50. The smallest absolute Gasteiger partial charge is 0.0625 e. The van der Waals surface area contributed by atoms with Gasteiger partial charge >= 0.3 is 0 Å². The molecule has 1 aliphatic carbocycles. The number of thioether (sulfide) groups is 1. The molecule has 1 aromatic heterocycles. The predicted molar refractivity (Wildman–Crippen MR) is 74.8 cm³/mol. The zero-order valence-corrected chi connectivity index (χ0v) is 12.2. The van der Waals surface area contributed by atoms with Crippen LogP contribution in [-0.2, 0) is 7.05 Å². The number of nitrogens with one attached hydrogen (secondary N) is 1. The van der Waals surface area contributed by atoms with Crippen LogP contribution >= 0.6 is 11.8 Å². The Hall–Kier alpha value is -0.520. The summed E-state index contributed by atoms with van der Waals surface area (Å²) in [6.07, 6.45) is 7.39. The molecule has 2 rings (SSSR count).